The topological polar surface area (TPSA) is 23.5 Å². The van der Waals surface area contributed by atoms with Gasteiger partial charge in [-0.25, -0.2) is 4.90 Å². The van der Waals surface area contributed by atoms with Gasteiger partial charge in [0.25, 0.3) is 0 Å². The van der Waals surface area contributed by atoms with Crippen LogP contribution in [0.1, 0.15) is 6.42 Å². The molecule has 0 bridgehead atoms. The highest BCUT2D eigenvalue weighted by Crippen LogP contribution is 2.30. The molecule has 1 aliphatic rings. The van der Waals surface area contributed by atoms with E-state index in [4.69, 9.17) is 5.11 Å². The minimum absolute atomic E-state index is 0.0764. The molecular weight excluding hydrogens is 128 g/mol. The number of likely N-dealkylation sites (tertiary alicyclic amines) is 1. The number of nitrogens with zero attached hydrogens (tertiary/aromatic N) is 1. The van der Waals surface area contributed by atoms with E-state index >= 15 is 0 Å². The van der Waals surface area contributed by atoms with Gasteiger partial charge in [0, 0.05) is 6.54 Å². The fourth-order valence-corrected chi connectivity index (χ4v) is 0.954. The van der Waals surface area contributed by atoms with E-state index in [2.05, 4.69) is 0 Å². The van der Waals surface area contributed by atoms with E-state index in [9.17, 15) is 8.78 Å². The third-order valence-electron chi connectivity index (χ3n) is 1.52. The van der Waals surface area contributed by atoms with Crippen molar-refractivity contribution in [3.63, 3.8) is 0 Å². The van der Waals surface area contributed by atoms with Crippen LogP contribution in [0.2, 0.25) is 0 Å². The molecule has 54 valence electrons. The Bertz CT molecular complexity index is 118. The van der Waals surface area contributed by atoms with E-state index in [-0.39, 0.29) is 6.54 Å². The summed E-state index contributed by atoms with van der Waals surface area (Å²) in [6, 6.07) is -2.79. The zero-order chi connectivity index (χ0) is 7.07. The second kappa shape index (κ2) is 1.88. The first-order chi connectivity index (χ1) is 4.02. The molecule has 1 atom stereocenters. The van der Waals surface area contributed by atoms with Crippen LogP contribution in [0.3, 0.4) is 0 Å². The molecule has 1 unspecified atom stereocenters. The third-order valence-corrected chi connectivity index (χ3v) is 1.52. The van der Waals surface area contributed by atoms with Crippen molar-refractivity contribution in [1.82, 2.24) is 4.90 Å². The largest absolute Gasteiger partial charge is 0.391 e. The lowest BCUT2D eigenvalue weighted by Gasteiger charge is -2.16. The predicted molar refractivity (Wildman–Crippen MR) is 28.2 cm³/mol. The molecular formula is C5H9F2NO. The molecule has 0 aromatic heterocycles. The van der Waals surface area contributed by atoms with E-state index in [1.54, 1.807) is 0 Å². The highest BCUT2D eigenvalue weighted by atomic mass is 19.3. The van der Waals surface area contributed by atoms with Gasteiger partial charge >= 0.3 is 6.05 Å². The molecule has 0 amide bonds. The maximum atomic E-state index is 12.4. The quantitative estimate of drug-likeness (QED) is 0.484. The number of halogens is 2. The number of rotatable bonds is 0. The predicted octanol–water partition coefficient (Wildman–Crippen LogP) is 0.276. The minimum atomic E-state index is -2.79. The van der Waals surface area contributed by atoms with Gasteiger partial charge < -0.3 is 5.11 Å². The first-order valence-electron chi connectivity index (χ1n) is 2.79. The lowest BCUT2D eigenvalue weighted by molar-refractivity contribution is -0.107. The van der Waals surface area contributed by atoms with E-state index in [0.717, 1.165) is 4.90 Å². The van der Waals surface area contributed by atoms with Crippen molar-refractivity contribution in [3.05, 3.63) is 0 Å². The summed E-state index contributed by atoms with van der Waals surface area (Å²) >= 11 is 0. The molecule has 0 spiro atoms. The Hall–Kier alpha value is -0.220. The molecule has 2 nitrogen and oxygen atoms in total. The second-order valence-corrected chi connectivity index (χ2v) is 2.40. The first-order valence-corrected chi connectivity index (χ1v) is 2.79. The Labute approximate surface area is 52.1 Å². The SMILES string of the molecule is CN1CC(O)CC1(F)F. The first kappa shape index (κ1) is 6.89. The van der Waals surface area contributed by atoms with Crippen LogP contribution in [0.15, 0.2) is 0 Å². The van der Waals surface area contributed by atoms with Gasteiger partial charge in [0.2, 0.25) is 0 Å². The molecule has 0 aliphatic carbocycles. The summed E-state index contributed by atoms with van der Waals surface area (Å²) in [6.45, 7) is 0.0764. The minimum Gasteiger partial charge on any atom is -0.391 e. The average molecular weight is 137 g/mol. The van der Waals surface area contributed by atoms with Gasteiger partial charge in [-0.2, -0.15) is 8.78 Å². The second-order valence-electron chi connectivity index (χ2n) is 2.40. The standard InChI is InChI=1S/C5H9F2NO/c1-8-3-4(9)2-5(8,6)7/h4,9H,2-3H2,1H3. The van der Waals surface area contributed by atoms with E-state index in [1.165, 1.54) is 7.05 Å². The van der Waals surface area contributed by atoms with Crippen molar-refractivity contribution in [1.29, 1.82) is 0 Å². The molecule has 0 saturated carbocycles. The zero-order valence-electron chi connectivity index (χ0n) is 5.14. The normalized spacial score (nSPS) is 35.3. The van der Waals surface area contributed by atoms with Crippen LogP contribution < -0.4 is 0 Å². The highest BCUT2D eigenvalue weighted by Gasteiger charge is 2.43. The maximum Gasteiger partial charge on any atom is 0.307 e. The monoisotopic (exact) mass is 137 g/mol. The molecule has 1 rings (SSSR count). The van der Waals surface area contributed by atoms with Gasteiger partial charge in [0.1, 0.15) is 0 Å². The molecule has 1 N–H and O–H groups in total. The lowest BCUT2D eigenvalue weighted by Crippen LogP contribution is -2.31. The number of aliphatic hydroxyl groups excluding tert-OH is 1. The van der Waals surface area contributed by atoms with Crippen LogP contribution in [-0.2, 0) is 0 Å². The molecule has 0 aromatic carbocycles. The Kier molecular flexibility index (Phi) is 1.44. The Morgan fingerprint density at radius 3 is 2.33 bits per heavy atom. The molecule has 0 radical (unpaired) electrons. The fraction of sp³-hybridized carbons (Fsp3) is 1.00. The summed E-state index contributed by atoms with van der Waals surface area (Å²) in [6.07, 6.45) is -1.28. The number of likely N-dealkylation sites (N-methyl/N-ethyl adjacent to an activating group) is 1. The molecule has 1 heterocycles. The average Bonchev–Trinajstić information content (AvgIpc) is 1.79. The van der Waals surface area contributed by atoms with Gasteiger partial charge in [-0.15, -0.1) is 0 Å². The van der Waals surface area contributed by atoms with Gasteiger partial charge in [-0.05, 0) is 7.05 Å². The van der Waals surface area contributed by atoms with Crippen LogP contribution in [0.5, 0.6) is 0 Å². The number of hydrogen-bond acceptors (Lipinski definition) is 2. The van der Waals surface area contributed by atoms with Crippen LogP contribution in [-0.4, -0.2) is 35.7 Å². The molecule has 1 saturated heterocycles. The van der Waals surface area contributed by atoms with Crippen molar-refractivity contribution in [2.45, 2.75) is 18.6 Å². The number of alkyl halides is 2. The lowest BCUT2D eigenvalue weighted by atomic mass is 10.3. The Morgan fingerprint density at radius 2 is 2.22 bits per heavy atom. The van der Waals surface area contributed by atoms with E-state index in [1.807, 2.05) is 0 Å². The van der Waals surface area contributed by atoms with Gasteiger partial charge in [-0.1, -0.05) is 0 Å². The smallest absolute Gasteiger partial charge is 0.307 e. The molecule has 1 aliphatic heterocycles. The van der Waals surface area contributed by atoms with Crippen LogP contribution in [0.25, 0.3) is 0 Å². The van der Waals surface area contributed by atoms with Crippen molar-refractivity contribution < 1.29 is 13.9 Å². The maximum absolute atomic E-state index is 12.4. The molecule has 4 heteroatoms. The summed E-state index contributed by atoms with van der Waals surface area (Å²) in [5, 5.41) is 8.71. The zero-order valence-corrected chi connectivity index (χ0v) is 5.14. The van der Waals surface area contributed by atoms with Crippen LogP contribution >= 0.6 is 0 Å². The highest BCUT2D eigenvalue weighted by molar-refractivity contribution is 4.81. The summed E-state index contributed by atoms with van der Waals surface area (Å²) in [5.41, 5.74) is 0. The molecule has 1 fully saturated rings. The van der Waals surface area contributed by atoms with Gasteiger partial charge in [0.15, 0.2) is 0 Å². The number of β-amino-alcohol motifs (C(OH)–C–C–N with tert-alkyl or cyclic N) is 1. The summed E-state index contributed by atoms with van der Waals surface area (Å²) in [4.78, 5) is 0.859. The molecule has 0 aromatic rings. The van der Waals surface area contributed by atoms with Gasteiger partial charge in [-0.3, -0.25) is 0 Å². The number of aliphatic hydroxyl groups is 1. The Morgan fingerprint density at radius 1 is 1.67 bits per heavy atom. The van der Waals surface area contributed by atoms with Crippen molar-refractivity contribution >= 4 is 0 Å². The number of hydrogen-bond donors (Lipinski definition) is 1. The van der Waals surface area contributed by atoms with Crippen LogP contribution in [0, 0.1) is 0 Å². The Balaban J connectivity index is 2.58. The van der Waals surface area contributed by atoms with Crippen molar-refractivity contribution in [2.75, 3.05) is 13.6 Å². The fourth-order valence-electron chi connectivity index (χ4n) is 0.954. The summed E-state index contributed by atoms with van der Waals surface area (Å²) in [5.74, 6) is 0. The van der Waals surface area contributed by atoms with Gasteiger partial charge in [0.05, 0.1) is 12.5 Å². The van der Waals surface area contributed by atoms with E-state index in [0.29, 0.717) is 0 Å². The van der Waals surface area contributed by atoms with Crippen molar-refractivity contribution in [2.24, 2.45) is 0 Å². The molecule has 9 heavy (non-hydrogen) atoms. The summed E-state index contributed by atoms with van der Waals surface area (Å²) < 4.78 is 24.7. The summed E-state index contributed by atoms with van der Waals surface area (Å²) in [7, 11) is 1.30. The van der Waals surface area contributed by atoms with E-state index < -0.39 is 18.6 Å². The van der Waals surface area contributed by atoms with Crippen LogP contribution in [0.4, 0.5) is 8.78 Å². The third kappa shape index (κ3) is 1.19. The van der Waals surface area contributed by atoms with Crippen molar-refractivity contribution in [3.8, 4) is 0 Å².